The molecule has 1 atom stereocenters. The van der Waals surface area contributed by atoms with Crippen LogP contribution >= 0.6 is 12.2 Å². The van der Waals surface area contributed by atoms with E-state index >= 15 is 0 Å². The van der Waals surface area contributed by atoms with E-state index < -0.39 is 5.82 Å². The number of aliphatic imine (C=N–C) groups is 1. The highest BCUT2D eigenvalue weighted by Gasteiger charge is 2.10. The Morgan fingerprint density at radius 2 is 1.54 bits per heavy atom. The fraction of sp³-hybridized carbons (Fsp3) is 0.240. The molecule has 1 nitrogen and oxygen atoms in total. The van der Waals surface area contributed by atoms with Crippen LogP contribution in [0.1, 0.15) is 49.3 Å². The topological polar surface area (TPSA) is 12.4 Å². The van der Waals surface area contributed by atoms with Gasteiger partial charge in [-0.2, -0.15) is 4.99 Å². The molecule has 0 saturated heterocycles. The molecule has 0 amide bonds. The zero-order valence-electron chi connectivity index (χ0n) is 16.3. The molecule has 3 rings (SSSR count). The van der Waals surface area contributed by atoms with Crippen LogP contribution in [0.4, 0.5) is 10.1 Å². The highest BCUT2D eigenvalue weighted by Crippen LogP contribution is 2.29. The largest absolute Gasteiger partial charge is 0.205 e. The number of benzene rings is 3. The lowest BCUT2D eigenvalue weighted by atomic mass is 9.91. The van der Waals surface area contributed by atoms with Crippen LogP contribution in [-0.2, 0) is 6.42 Å². The van der Waals surface area contributed by atoms with Crippen molar-refractivity contribution in [2.45, 2.75) is 39.0 Å². The Morgan fingerprint density at radius 1 is 0.929 bits per heavy atom. The van der Waals surface area contributed by atoms with Gasteiger partial charge in [0.2, 0.25) is 0 Å². The summed E-state index contributed by atoms with van der Waals surface area (Å²) in [5.41, 5.74) is 5.96. The average Bonchev–Trinajstić information content (AvgIpc) is 2.74. The molecule has 0 N–H and O–H groups in total. The first-order valence-corrected chi connectivity index (χ1v) is 10.1. The molecule has 0 aliphatic heterocycles. The van der Waals surface area contributed by atoms with E-state index in [9.17, 15) is 4.39 Å². The maximum Gasteiger partial charge on any atom is 0.150 e. The lowest BCUT2D eigenvalue weighted by Gasteiger charge is -2.14. The molecule has 0 heterocycles. The fourth-order valence-electron chi connectivity index (χ4n) is 3.34. The van der Waals surface area contributed by atoms with Gasteiger partial charge >= 0.3 is 0 Å². The number of hydrogen-bond donors (Lipinski definition) is 0. The van der Waals surface area contributed by atoms with Crippen molar-refractivity contribution in [3.05, 3.63) is 89.2 Å². The molecule has 3 heteroatoms. The molecule has 0 aromatic heterocycles. The standard InChI is InChI=1S/C25H24FNS/c1-3-4-5-19-6-8-20(9-7-19)18(2)21-10-12-22(13-11-21)23-14-15-25(27-17-28)24(26)16-23/h6-16,18H,3-5H2,1-2H3. The van der Waals surface area contributed by atoms with E-state index in [0.29, 0.717) is 5.92 Å². The molecule has 0 aliphatic carbocycles. The van der Waals surface area contributed by atoms with E-state index in [0.717, 1.165) is 17.5 Å². The van der Waals surface area contributed by atoms with Gasteiger partial charge in [-0.15, -0.1) is 0 Å². The molecular weight excluding hydrogens is 365 g/mol. The van der Waals surface area contributed by atoms with Crippen LogP contribution in [0, 0.1) is 5.82 Å². The number of halogens is 1. The Hall–Kier alpha value is -2.61. The average molecular weight is 390 g/mol. The molecule has 0 radical (unpaired) electrons. The molecule has 1 unspecified atom stereocenters. The number of nitrogens with zero attached hydrogens (tertiary/aromatic N) is 1. The Balaban J connectivity index is 1.76. The summed E-state index contributed by atoms with van der Waals surface area (Å²) in [4.78, 5) is 3.72. The summed E-state index contributed by atoms with van der Waals surface area (Å²) in [6.45, 7) is 4.43. The van der Waals surface area contributed by atoms with Crippen molar-refractivity contribution >= 4 is 23.1 Å². The van der Waals surface area contributed by atoms with Crippen LogP contribution < -0.4 is 0 Å². The van der Waals surface area contributed by atoms with Crippen molar-refractivity contribution < 1.29 is 4.39 Å². The van der Waals surface area contributed by atoms with Gasteiger partial charge in [-0.1, -0.05) is 74.9 Å². The zero-order chi connectivity index (χ0) is 19.9. The van der Waals surface area contributed by atoms with Gasteiger partial charge in [0.15, 0.2) is 0 Å². The lowest BCUT2D eigenvalue weighted by molar-refractivity contribution is 0.630. The lowest BCUT2D eigenvalue weighted by Crippen LogP contribution is -1.96. The zero-order valence-corrected chi connectivity index (χ0v) is 17.1. The normalized spacial score (nSPS) is 11.7. The maximum atomic E-state index is 14.1. The summed E-state index contributed by atoms with van der Waals surface area (Å²) in [7, 11) is 0. The quantitative estimate of drug-likeness (QED) is 0.297. The Morgan fingerprint density at radius 3 is 2.11 bits per heavy atom. The number of isothiocyanates is 1. The minimum Gasteiger partial charge on any atom is -0.205 e. The van der Waals surface area contributed by atoms with Gasteiger partial charge in [0.1, 0.15) is 11.5 Å². The summed E-state index contributed by atoms with van der Waals surface area (Å²) in [5.74, 6) is -0.0826. The van der Waals surface area contributed by atoms with Gasteiger partial charge in [0.25, 0.3) is 0 Å². The third-order valence-corrected chi connectivity index (χ3v) is 5.25. The fourth-order valence-corrected chi connectivity index (χ4v) is 3.44. The van der Waals surface area contributed by atoms with E-state index in [2.05, 4.69) is 72.6 Å². The number of thiocarbonyl (C=S) groups is 1. The van der Waals surface area contributed by atoms with E-state index in [4.69, 9.17) is 0 Å². The second-order valence-electron chi connectivity index (χ2n) is 7.06. The van der Waals surface area contributed by atoms with E-state index in [-0.39, 0.29) is 5.69 Å². The number of rotatable bonds is 7. The van der Waals surface area contributed by atoms with Crippen molar-refractivity contribution in [3.8, 4) is 11.1 Å². The molecule has 0 saturated carbocycles. The summed E-state index contributed by atoms with van der Waals surface area (Å²) in [5, 5.41) is 2.20. The van der Waals surface area contributed by atoms with Gasteiger partial charge in [-0.3, -0.25) is 0 Å². The summed E-state index contributed by atoms with van der Waals surface area (Å²) in [6, 6.07) is 22.2. The first-order chi connectivity index (χ1) is 13.6. The van der Waals surface area contributed by atoms with Crippen molar-refractivity contribution in [2.75, 3.05) is 0 Å². The molecule has 0 fully saturated rings. The van der Waals surface area contributed by atoms with Gasteiger partial charge in [-0.05, 0) is 65.0 Å². The Kier molecular flexibility index (Phi) is 6.86. The molecule has 142 valence electrons. The molecule has 3 aromatic rings. The Bertz CT molecular complexity index is 970. The highest BCUT2D eigenvalue weighted by atomic mass is 32.1. The van der Waals surface area contributed by atoms with Gasteiger partial charge in [-0.25, -0.2) is 4.39 Å². The molecule has 0 bridgehead atoms. The molecule has 3 aromatic carbocycles. The van der Waals surface area contributed by atoms with Crippen molar-refractivity contribution in [1.29, 1.82) is 0 Å². The molecule has 0 spiro atoms. The third kappa shape index (κ3) is 4.81. The van der Waals surface area contributed by atoms with Crippen LogP contribution in [0.3, 0.4) is 0 Å². The van der Waals surface area contributed by atoms with Crippen LogP contribution in [0.25, 0.3) is 11.1 Å². The smallest absolute Gasteiger partial charge is 0.150 e. The van der Waals surface area contributed by atoms with Crippen LogP contribution in [0.15, 0.2) is 71.7 Å². The monoisotopic (exact) mass is 389 g/mol. The second kappa shape index (κ2) is 9.54. The van der Waals surface area contributed by atoms with Gasteiger partial charge < -0.3 is 0 Å². The van der Waals surface area contributed by atoms with Crippen molar-refractivity contribution in [2.24, 2.45) is 4.99 Å². The van der Waals surface area contributed by atoms with Crippen LogP contribution in [0.5, 0.6) is 0 Å². The number of hydrogen-bond acceptors (Lipinski definition) is 2. The summed E-state index contributed by atoms with van der Waals surface area (Å²) in [6.07, 6.45) is 3.59. The molecular formula is C25H24FNS. The second-order valence-corrected chi connectivity index (χ2v) is 7.24. The van der Waals surface area contributed by atoms with Crippen molar-refractivity contribution in [1.82, 2.24) is 0 Å². The minimum atomic E-state index is -0.393. The van der Waals surface area contributed by atoms with Crippen LogP contribution in [0.2, 0.25) is 0 Å². The predicted molar refractivity (Wildman–Crippen MR) is 119 cm³/mol. The Labute approximate surface area is 172 Å². The summed E-state index contributed by atoms with van der Waals surface area (Å²) >= 11 is 4.54. The van der Waals surface area contributed by atoms with Crippen molar-refractivity contribution in [3.63, 3.8) is 0 Å². The SMILES string of the molecule is CCCCc1ccc(C(C)c2ccc(-c3ccc(N=C=S)c(F)c3)cc2)cc1. The van der Waals surface area contributed by atoms with Crippen LogP contribution in [-0.4, -0.2) is 5.16 Å². The maximum absolute atomic E-state index is 14.1. The first-order valence-electron chi connectivity index (χ1n) is 9.69. The highest BCUT2D eigenvalue weighted by molar-refractivity contribution is 7.78. The summed E-state index contributed by atoms with van der Waals surface area (Å²) < 4.78 is 14.1. The number of unbranched alkanes of at least 4 members (excludes halogenated alkanes) is 1. The van der Waals surface area contributed by atoms with E-state index in [1.54, 1.807) is 6.07 Å². The van der Waals surface area contributed by atoms with E-state index in [1.807, 2.05) is 18.2 Å². The van der Waals surface area contributed by atoms with E-state index in [1.165, 1.54) is 35.6 Å². The van der Waals surface area contributed by atoms with Gasteiger partial charge in [0, 0.05) is 5.92 Å². The predicted octanol–water partition coefficient (Wildman–Crippen LogP) is 7.72. The molecule has 0 aliphatic rings. The van der Waals surface area contributed by atoms with Gasteiger partial charge in [0.05, 0.1) is 5.16 Å². The third-order valence-electron chi connectivity index (χ3n) is 5.16. The number of aryl methyl sites for hydroxylation is 1. The first kappa shape index (κ1) is 20.1. The minimum absolute atomic E-state index is 0.214. The molecule has 28 heavy (non-hydrogen) atoms.